The van der Waals surface area contributed by atoms with Crippen molar-refractivity contribution < 1.29 is 27.4 Å². The summed E-state index contributed by atoms with van der Waals surface area (Å²) < 4.78 is 56.0. The summed E-state index contributed by atoms with van der Waals surface area (Å²) in [5, 5.41) is 3.78. The van der Waals surface area contributed by atoms with E-state index in [2.05, 4.69) is 20.3 Å². The number of benzene rings is 1. The van der Waals surface area contributed by atoms with Gasteiger partial charge < -0.3 is 19.5 Å². The van der Waals surface area contributed by atoms with Crippen molar-refractivity contribution in [3.05, 3.63) is 59.2 Å². The van der Waals surface area contributed by atoms with Gasteiger partial charge >= 0.3 is 6.18 Å². The molecule has 0 radical (unpaired) electrons. The van der Waals surface area contributed by atoms with Gasteiger partial charge in [0.25, 0.3) is 0 Å². The minimum absolute atomic E-state index is 0.125. The molecule has 1 aliphatic heterocycles. The fourth-order valence-corrected chi connectivity index (χ4v) is 3.52. The zero-order valence-electron chi connectivity index (χ0n) is 18.4. The number of pyridine rings is 1. The Balaban J connectivity index is 1.65. The molecule has 0 bridgehead atoms. The maximum atomic E-state index is 13.0. The number of nitrogens with zero attached hydrogens (tertiary/aromatic N) is 3. The normalized spacial score (nSPS) is 14.8. The Hall–Kier alpha value is -3.40. The number of anilines is 1. The molecule has 0 aliphatic carbocycles. The molecule has 3 aromatic rings. The van der Waals surface area contributed by atoms with Gasteiger partial charge in [0, 0.05) is 24.2 Å². The third-order valence-corrected chi connectivity index (χ3v) is 5.23. The number of fused-ring (bicyclic) bond motifs is 1. The number of aryl methyl sites for hydroxylation is 1. The third kappa shape index (κ3) is 5.16. The monoisotopic (exact) mass is 460 g/mol. The summed E-state index contributed by atoms with van der Waals surface area (Å²) in [4.78, 5) is 12.3. The lowest BCUT2D eigenvalue weighted by atomic mass is 10.1. The van der Waals surface area contributed by atoms with Crippen molar-refractivity contribution in [3.63, 3.8) is 0 Å². The van der Waals surface area contributed by atoms with Gasteiger partial charge in [-0.2, -0.15) is 13.2 Å². The number of hydrogen-bond acceptors (Lipinski definition) is 7. The highest BCUT2D eigenvalue weighted by Gasteiger charge is 2.32. The van der Waals surface area contributed by atoms with Gasteiger partial charge in [-0.25, -0.2) is 9.97 Å². The van der Waals surface area contributed by atoms with Crippen LogP contribution in [0, 0.1) is 6.92 Å². The topological polar surface area (TPSA) is 78.4 Å². The molecular weight excluding hydrogens is 437 g/mol. The van der Waals surface area contributed by atoms with Gasteiger partial charge in [-0.15, -0.1) is 0 Å². The van der Waals surface area contributed by atoms with Gasteiger partial charge in [0.1, 0.15) is 23.4 Å². The van der Waals surface area contributed by atoms with Gasteiger partial charge in [-0.3, -0.25) is 4.98 Å². The standard InChI is InChI=1S/C23H23F3N4O3/c1-13(16-5-7-32-12-16)33-20-9-17-18(10-19(20)31-3)29-14(2)30-22(17)28-11-15-4-6-27-21(8-15)23(24,25)26/h4-6,8-10,13H,7,11-12H2,1-3H3,(H,28,29,30). The highest BCUT2D eigenvalue weighted by atomic mass is 19.4. The number of hydrogen-bond donors (Lipinski definition) is 1. The molecular formula is C23H23F3N4O3. The maximum Gasteiger partial charge on any atom is 0.433 e. The number of ether oxygens (including phenoxy) is 3. The summed E-state index contributed by atoms with van der Waals surface area (Å²) >= 11 is 0. The van der Waals surface area contributed by atoms with E-state index in [1.165, 1.54) is 6.07 Å². The van der Waals surface area contributed by atoms with Crippen LogP contribution in [-0.2, 0) is 17.5 Å². The average molecular weight is 460 g/mol. The van der Waals surface area contributed by atoms with Crippen LogP contribution in [0.15, 0.2) is 42.1 Å². The molecule has 1 unspecified atom stereocenters. The van der Waals surface area contributed by atoms with Crippen LogP contribution in [0.2, 0.25) is 0 Å². The highest BCUT2D eigenvalue weighted by molar-refractivity contribution is 5.91. The lowest BCUT2D eigenvalue weighted by molar-refractivity contribution is -0.141. The summed E-state index contributed by atoms with van der Waals surface area (Å²) in [6.07, 6.45) is -1.60. The summed E-state index contributed by atoms with van der Waals surface area (Å²) in [7, 11) is 1.55. The Labute approximate surface area is 188 Å². The Kier molecular flexibility index (Phi) is 6.37. The minimum atomic E-state index is -4.51. The number of nitrogens with one attached hydrogen (secondary N) is 1. The number of rotatable bonds is 7. The molecule has 1 aliphatic rings. The first-order chi connectivity index (χ1) is 15.7. The quantitative estimate of drug-likeness (QED) is 0.512. The fraction of sp³-hybridized carbons (Fsp3) is 0.348. The van der Waals surface area contributed by atoms with E-state index < -0.39 is 11.9 Å². The molecule has 7 nitrogen and oxygen atoms in total. The Morgan fingerprint density at radius 2 is 2.00 bits per heavy atom. The van der Waals surface area contributed by atoms with E-state index in [1.54, 1.807) is 26.2 Å². The van der Waals surface area contributed by atoms with Crippen molar-refractivity contribution in [2.45, 2.75) is 32.7 Å². The second kappa shape index (κ2) is 9.22. The summed E-state index contributed by atoms with van der Waals surface area (Å²) in [5.41, 5.74) is 1.14. The van der Waals surface area contributed by atoms with E-state index in [0.717, 1.165) is 17.8 Å². The average Bonchev–Trinajstić information content (AvgIpc) is 3.32. The first-order valence-corrected chi connectivity index (χ1v) is 10.3. The maximum absolute atomic E-state index is 13.0. The molecule has 0 saturated carbocycles. The first kappa shape index (κ1) is 22.8. The van der Waals surface area contributed by atoms with Crippen molar-refractivity contribution >= 4 is 16.7 Å². The van der Waals surface area contributed by atoms with Crippen molar-refractivity contribution in [2.24, 2.45) is 0 Å². The Bertz CT molecular complexity index is 1200. The molecule has 0 amide bonds. The predicted molar refractivity (Wildman–Crippen MR) is 116 cm³/mol. The second-order valence-corrected chi connectivity index (χ2v) is 7.59. The van der Waals surface area contributed by atoms with E-state index in [-0.39, 0.29) is 12.6 Å². The van der Waals surface area contributed by atoms with Crippen LogP contribution in [0.3, 0.4) is 0 Å². The van der Waals surface area contributed by atoms with E-state index in [1.807, 2.05) is 13.0 Å². The van der Waals surface area contributed by atoms with E-state index >= 15 is 0 Å². The molecule has 0 saturated heterocycles. The van der Waals surface area contributed by atoms with Crippen molar-refractivity contribution in [2.75, 3.05) is 25.6 Å². The smallest absolute Gasteiger partial charge is 0.433 e. The molecule has 2 aromatic heterocycles. The van der Waals surface area contributed by atoms with E-state index in [9.17, 15) is 13.2 Å². The van der Waals surface area contributed by atoms with Crippen molar-refractivity contribution in [1.29, 1.82) is 0 Å². The number of methoxy groups -OCH3 is 1. The van der Waals surface area contributed by atoms with Gasteiger partial charge in [-0.1, -0.05) is 6.08 Å². The van der Waals surface area contributed by atoms with Crippen molar-refractivity contribution in [3.8, 4) is 11.5 Å². The van der Waals surface area contributed by atoms with Gasteiger partial charge in [0.05, 0.1) is 25.8 Å². The fourth-order valence-electron chi connectivity index (χ4n) is 3.52. The number of aromatic nitrogens is 3. The number of alkyl halides is 3. The SMILES string of the molecule is COc1cc2nc(C)nc(NCc3ccnc(C(F)(F)F)c3)c2cc1OC(C)C1=CCOC1. The van der Waals surface area contributed by atoms with Crippen LogP contribution in [0.1, 0.15) is 24.0 Å². The lowest BCUT2D eigenvalue weighted by Gasteiger charge is -2.19. The van der Waals surface area contributed by atoms with E-state index in [4.69, 9.17) is 14.2 Å². The van der Waals surface area contributed by atoms with E-state index in [0.29, 0.717) is 52.8 Å². The number of halogens is 3. The zero-order chi connectivity index (χ0) is 23.6. The highest BCUT2D eigenvalue weighted by Crippen LogP contribution is 2.36. The molecule has 1 atom stereocenters. The summed E-state index contributed by atoms with van der Waals surface area (Å²) in [5.74, 6) is 2.01. The Morgan fingerprint density at radius 1 is 1.18 bits per heavy atom. The van der Waals surface area contributed by atoms with Gasteiger partial charge in [-0.05, 0) is 43.2 Å². The summed E-state index contributed by atoms with van der Waals surface area (Å²) in [6.45, 7) is 4.86. The van der Waals surface area contributed by atoms with Crippen LogP contribution in [0.25, 0.3) is 10.9 Å². The molecule has 0 fully saturated rings. The molecule has 1 N–H and O–H groups in total. The van der Waals surface area contributed by atoms with Crippen LogP contribution >= 0.6 is 0 Å². The van der Waals surface area contributed by atoms with Crippen LogP contribution in [0.5, 0.6) is 11.5 Å². The van der Waals surface area contributed by atoms with Gasteiger partial charge in [0.15, 0.2) is 11.5 Å². The minimum Gasteiger partial charge on any atom is -0.493 e. The molecule has 1 aromatic carbocycles. The zero-order valence-corrected chi connectivity index (χ0v) is 18.4. The second-order valence-electron chi connectivity index (χ2n) is 7.59. The Morgan fingerprint density at radius 3 is 2.70 bits per heavy atom. The van der Waals surface area contributed by atoms with Crippen LogP contribution < -0.4 is 14.8 Å². The first-order valence-electron chi connectivity index (χ1n) is 10.3. The molecule has 4 rings (SSSR count). The molecule has 33 heavy (non-hydrogen) atoms. The van der Waals surface area contributed by atoms with Crippen molar-refractivity contribution in [1.82, 2.24) is 15.0 Å². The molecule has 0 spiro atoms. The molecule has 174 valence electrons. The predicted octanol–water partition coefficient (Wildman–Crippen LogP) is 4.70. The van der Waals surface area contributed by atoms with Gasteiger partial charge in [0.2, 0.25) is 0 Å². The van der Waals surface area contributed by atoms with Crippen LogP contribution in [-0.4, -0.2) is 41.4 Å². The third-order valence-electron chi connectivity index (χ3n) is 5.23. The lowest BCUT2D eigenvalue weighted by Crippen LogP contribution is -2.16. The molecule has 10 heteroatoms. The summed E-state index contributed by atoms with van der Waals surface area (Å²) in [6, 6.07) is 6.07. The molecule has 3 heterocycles. The van der Waals surface area contributed by atoms with Crippen LogP contribution in [0.4, 0.5) is 19.0 Å². The largest absolute Gasteiger partial charge is 0.493 e.